The van der Waals surface area contributed by atoms with Crippen LogP contribution in [0, 0.1) is 5.92 Å². The van der Waals surface area contributed by atoms with Crippen LogP contribution in [0.15, 0.2) is 35.3 Å². The van der Waals surface area contributed by atoms with Crippen molar-refractivity contribution < 1.29 is 14.4 Å². The molecule has 4 amide bonds. The molecule has 1 aliphatic rings. The predicted molar refractivity (Wildman–Crippen MR) is 92.1 cm³/mol. The number of urea groups is 1. The minimum Gasteiger partial charge on any atom is -0.309 e. The third-order valence-corrected chi connectivity index (χ3v) is 3.72. The van der Waals surface area contributed by atoms with Gasteiger partial charge in [-0.05, 0) is 46.1 Å². The van der Waals surface area contributed by atoms with Gasteiger partial charge in [-0.3, -0.25) is 19.9 Å². The van der Waals surface area contributed by atoms with Crippen LogP contribution in [0.2, 0.25) is 0 Å². The Labute approximate surface area is 141 Å². The van der Waals surface area contributed by atoms with Gasteiger partial charge in [0.15, 0.2) is 5.92 Å². The van der Waals surface area contributed by atoms with Gasteiger partial charge in [0.2, 0.25) is 5.91 Å². The van der Waals surface area contributed by atoms with Crippen LogP contribution in [-0.4, -0.2) is 55.6 Å². The summed E-state index contributed by atoms with van der Waals surface area (Å²) in [5.41, 5.74) is 0.850. The molecule has 2 rings (SSSR count). The highest BCUT2D eigenvalue weighted by Crippen LogP contribution is 2.21. The van der Waals surface area contributed by atoms with Crippen LogP contribution >= 0.6 is 0 Å². The van der Waals surface area contributed by atoms with Crippen LogP contribution in [0.4, 0.5) is 10.5 Å². The molecule has 1 aromatic carbocycles. The van der Waals surface area contributed by atoms with E-state index in [-0.39, 0.29) is 0 Å². The van der Waals surface area contributed by atoms with Crippen molar-refractivity contribution in [2.45, 2.75) is 13.3 Å². The second kappa shape index (κ2) is 7.83. The number of aliphatic imine (C=N–C) groups is 1. The number of amides is 4. The standard InChI is InChI=1S/C17H22N4O3/c1-12(18-10-7-11-20(2)3)14-15(22)19-17(24)21(16(14)23)13-8-5-4-6-9-13/h4-6,8-9,14H,7,10-11H2,1-3H3,(H,19,22,24). The first kappa shape index (κ1) is 17.8. The van der Waals surface area contributed by atoms with Gasteiger partial charge in [-0.25, -0.2) is 9.69 Å². The molecule has 1 unspecified atom stereocenters. The molecule has 1 saturated heterocycles. The number of carbonyl (C=O) groups is 3. The zero-order valence-corrected chi connectivity index (χ0v) is 14.2. The van der Waals surface area contributed by atoms with Gasteiger partial charge in [0.05, 0.1) is 5.69 Å². The summed E-state index contributed by atoms with van der Waals surface area (Å²) in [7, 11) is 3.94. The van der Waals surface area contributed by atoms with Gasteiger partial charge in [0.1, 0.15) is 0 Å². The molecule has 0 radical (unpaired) electrons. The molecule has 0 spiro atoms. The van der Waals surface area contributed by atoms with E-state index in [0.29, 0.717) is 17.9 Å². The lowest BCUT2D eigenvalue weighted by molar-refractivity contribution is -0.131. The van der Waals surface area contributed by atoms with E-state index in [1.54, 1.807) is 37.3 Å². The third-order valence-electron chi connectivity index (χ3n) is 3.72. The highest BCUT2D eigenvalue weighted by molar-refractivity contribution is 6.35. The van der Waals surface area contributed by atoms with Crippen molar-refractivity contribution in [3.63, 3.8) is 0 Å². The van der Waals surface area contributed by atoms with E-state index in [1.165, 1.54) is 0 Å². The molecule has 0 aromatic heterocycles. The van der Waals surface area contributed by atoms with Crippen molar-refractivity contribution >= 4 is 29.2 Å². The Morgan fingerprint density at radius 1 is 1.21 bits per heavy atom. The van der Waals surface area contributed by atoms with Gasteiger partial charge in [0, 0.05) is 12.3 Å². The van der Waals surface area contributed by atoms with Crippen LogP contribution in [0.3, 0.4) is 0 Å². The fraction of sp³-hybridized carbons (Fsp3) is 0.412. The van der Waals surface area contributed by atoms with Gasteiger partial charge in [-0.1, -0.05) is 18.2 Å². The number of nitrogens with zero attached hydrogens (tertiary/aromatic N) is 3. The maximum absolute atomic E-state index is 12.7. The SMILES string of the molecule is CC(=NCCCN(C)C)C1C(=O)NC(=O)N(c2ccccc2)C1=O. The zero-order valence-electron chi connectivity index (χ0n) is 14.2. The Morgan fingerprint density at radius 3 is 2.50 bits per heavy atom. The maximum Gasteiger partial charge on any atom is 0.335 e. The summed E-state index contributed by atoms with van der Waals surface area (Å²) in [6.07, 6.45) is 0.828. The van der Waals surface area contributed by atoms with Gasteiger partial charge in [-0.2, -0.15) is 0 Å². The lowest BCUT2D eigenvalue weighted by Crippen LogP contribution is -2.60. The van der Waals surface area contributed by atoms with E-state index in [9.17, 15) is 14.4 Å². The zero-order chi connectivity index (χ0) is 17.7. The van der Waals surface area contributed by atoms with Gasteiger partial charge < -0.3 is 4.90 Å². The van der Waals surface area contributed by atoms with E-state index < -0.39 is 23.8 Å². The molecular weight excluding hydrogens is 308 g/mol. The maximum atomic E-state index is 12.7. The lowest BCUT2D eigenvalue weighted by atomic mass is 9.99. The third kappa shape index (κ3) is 4.05. The summed E-state index contributed by atoms with van der Waals surface area (Å²) in [6, 6.07) is 7.80. The van der Waals surface area contributed by atoms with Crippen LogP contribution in [-0.2, 0) is 9.59 Å². The highest BCUT2D eigenvalue weighted by Gasteiger charge is 2.42. The number of hydrogen-bond acceptors (Lipinski definition) is 5. The van der Waals surface area contributed by atoms with Gasteiger partial charge >= 0.3 is 6.03 Å². The van der Waals surface area contributed by atoms with Crippen molar-refractivity contribution in [1.82, 2.24) is 10.2 Å². The first-order valence-electron chi connectivity index (χ1n) is 7.81. The topological polar surface area (TPSA) is 82.1 Å². The Balaban J connectivity index is 2.17. The Kier molecular flexibility index (Phi) is 5.81. The summed E-state index contributed by atoms with van der Waals surface area (Å²) in [5, 5.41) is 2.24. The normalized spacial score (nSPS) is 19.0. The summed E-state index contributed by atoms with van der Waals surface area (Å²) < 4.78 is 0. The van der Waals surface area contributed by atoms with E-state index in [4.69, 9.17) is 0 Å². The molecule has 0 saturated carbocycles. The van der Waals surface area contributed by atoms with Crippen molar-refractivity contribution in [3.8, 4) is 0 Å². The second-order valence-electron chi connectivity index (χ2n) is 5.92. The molecule has 1 fully saturated rings. The van der Waals surface area contributed by atoms with E-state index in [0.717, 1.165) is 17.9 Å². The Hall–Kier alpha value is -2.54. The molecule has 0 bridgehead atoms. The molecule has 7 nitrogen and oxygen atoms in total. The fourth-order valence-corrected chi connectivity index (χ4v) is 2.50. The quantitative estimate of drug-likeness (QED) is 0.484. The number of para-hydroxylation sites is 1. The largest absolute Gasteiger partial charge is 0.335 e. The average Bonchev–Trinajstić information content (AvgIpc) is 2.52. The Bertz CT molecular complexity index is 655. The number of benzene rings is 1. The van der Waals surface area contributed by atoms with Crippen LogP contribution in [0.1, 0.15) is 13.3 Å². The molecular formula is C17H22N4O3. The molecule has 1 N–H and O–H groups in total. The number of barbiturate groups is 1. The van der Waals surface area contributed by atoms with E-state index >= 15 is 0 Å². The summed E-state index contributed by atoms with van der Waals surface area (Å²) >= 11 is 0. The molecule has 1 heterocycles. The summed E-state index contributed by atoms with van der Waals surface area (Å²) in [4.78, 5) is 44.2. The van der Waals surface area contributed by atoms with E-state index in [2.05, 4.69) is 10.3 Å². The fourth-order valence-electron chi connectivity index (χ4n) is 2.50. The average molecular weight is 330 g/mol. The molecule has 1 atom stereocenters. The monoisotopic (exact) mass is 330 g/mol. The van der Waals surface area contributed by atoms with Gasteiger partial charge in [-0.15, -0.1) is 0 Å². The Morgan fingerprint density at radius 2 is 1.88 bits per heavy atom. The van der Waals surface area contributed by atoms with E-state index in [1.807, 2.05) is 19.0 Å². The number of carbonyl (C=O) groups excluding carboxylic acids is 3. The first-order chi connectivity index (χ1) is 11.4. The van der Waals surface area contributed by atoms with Crippen LogP contribution < -0.4 is 10.2 Å². The molecule has 1 aliphatic heterocycles. The molecule has 7 heteroatoms. The molecule has 24 heavy (non-hydrogen) atoms. The van der Waals surface area contributed by atoms with Crippen molar-refractivity contribution in [2.24, 2.45) is 10.9 Å². The van der Waals surface area contributed by atoms with Crippen molar-refractivity contribution in [2.75, 3.05) is 32.1 Å². The number of hydrogen-bond donors (Lipinski definition) is 1. The minimum absolute atomic E-state index is 0.421. The number of imide groups is 2. The molecule has 0 aliphatic carbocycles. The van der Waals surface area contributed by atoms with Crippen molar-refractivity contribution in [1.29, 1.82) is 0 Å². The first-order valence-corrected chi connectivity index (χ1v) is 7.81. The van der Waals surface area contributed by atoms with Crippen molar-refractivity contribution in [3.05, 3.63) is 30.3 Å². The van der Waals surface area contributed by atoms with Gasteiger partial charge in [0.25, 0.3) is 5.91 Å². The van der Waals surface area contributed by atoms with Crippen LogP contribution in [0.25, 0.3) is 0 Å². The lowest BCUT2D eigenvalue weighted by Gasteiger charge is -2.30. The smallest absolute Gasteiger partial charge is 0.309 e. The second-order valence-corrected chi connectivity index (χ2v) is 5.92. The number of anilines is 1. The number of nitrogens with one attached hydrogen (secondary N) is 1. The molecule has 128 valence electrons. The summed E-state index contributed by atoms with van der Waals surface area (Å²) in [6.45, 7) is 3.05. The minimum atomic E-state index is -1.07. The number of rotatable bonds is 6. The molecule has 1 aromatic rings. The highest BCUT2D eigenvalue weighted by atomic mass is 16.2. The predicted octanol–water partition coefficient (Wildman–Crippen LogP) is 1.30. The summed E-state index contributed by atoms with van der Waals surface area (Å²) in [5.74, 6) is -2.25. The van der Waals surface area contributed by atoms with Crippen LogP contribution in [0.5, 0.6) is 0 Å².